The van der Waals surface area contributed by atoms with Gasteiger partial charge in [0, 0.05) is 11.6 Å². The van der Waals surface area contributed by atoms with Gasteiger partial charge < -0.3 is 5.32 Å². The lowest BCUT2D eigenvalue weighted by molar-refractivity contribution is 0.0935. The van der Waals surface area contributed by atoms with Gasteiger partial charge in [0.25, 0.3) is 5.91 Å². The molecule has 18 heavy (non-hydrogen) atoms. The Hall–Kier alpha value is -1.31. The smallest absolute Gasteiger partial charge is 0.252 e. The van der Waals surface area contributed by atoms with E-state index in [0.29, 0.717) is 11.5 Å². The summed E-state index contributed by atoms with van der Waals surface area (Å²) in [5, 5.41) is 3.19. The minimum atomic E-state index is 0.0910. The Morgan fingerprint density at radius 3 is 2.39 bits per heavy atom. The predicted molar refractivity (Wildman–Crippen MR) is 74.8 cm³/mol. The van der Waals surface area contributed by atoms with Crippen LogP contribution in [0.25, 0.3) is 0 Å². The monoisotopic (exact) mass is 245 g/mol. The van der Waals surface area contributed by atoms with Gasteiger partial charge in [-0.3, -0.25) is 4.79 Å². The van der Waals surface area contributed by atoms with Gasteiger partial charge in [-0.25, -0.2) is 0 Å². The van der Waals surface area contributed by atoms with Crippen LogP contribution in [0.15, 0.2) is 18.2 Å². The summed E-state index contributed by atoms with van der Waals surface area (Å²) in [6.07, 6.45) is 3.39. The van der Waals surface area contributed by atoms with E-state index in [1.807, 2.05) is 32.0 Å². The molecule has 1 aliphatic rings. The standard InChI is InChI=1S/C16H23NO/c1-11-6-5-7-12(2)14(11)15(18)17-13-8-9-16(3,4)10-13/h5-7,13H,8-10H2,1-4H3,(H,17,18). The van der Waals surface area contributed by atoms with Crippen molar-refractivity contribution in [2.45, 2.75) is 53.0 Å². The second-order valence-electron chi connectivity index (χ2n) is 6.34. The molecule has 0 bridgehead atoms. The summed E-state index contributed by atoms with van der Waals surface area (Å²) < 4.78 is 0. The average molecular weight is 245 g/mol. The van der Waals surface area contributed by atoms with E-state index in [1.54, 1.807) is 0 Å². The molecule has 0 aromatic heterocycles. The zero-order valence-corrected chi connectivity index (χ0v) is 11.8. The summed E-state index contributed by atoms with van der Waals surface area (Å²) in [6.45, 7) is 8.55. The largest absolute Gasteiger partial charge is 0.349 e. The van der Waals surface area contributed by atoms with Crippen molar-refractivity contribution < 1.29 is 4.79 Å². The maximum absolute atomic E-state index is 12.3. The van der Waals surface area contributed by atoms with E-state index in [2.05, 4.69) is 19.2 Å². The first-order valence-electron chi connectivity index (χ1n) is 6.76. The highest BCUT2D eigenvalue weighted by atomic mass is 16.1. The van der Waals surface area contributed by atoms with E-state index >= 15 is 0 Å². The first kappa shape index (κ1) is 13.1. The van der Waals surface area contributed by atoms with E-state index in [9.17, 15) is 4.79 Å². The van der Waals surface area contributed by atoms with Gasteiger partial charge in [0.15, 0.2) is 0 Å². The fourth-order valence-electron chi connectivity index (χ4n) is 2.99. The van der Waals surface area contributed by atoms with Crippen molar-refractivity contribution in [3.05, 3.63) is 34.9 Å². The summed E-state index contributed by atoms with van der Waals surface area (Å²) in [5.74, 6) is 0.0910. The normalized spacial score (nSPS) is 21.9. The van der Waals surface area contributed by atoms with Crippen LogP contribution in [0.4, 0.5) is 0 Å². The number of hydrogen-bond donors (Lipinski definition) is 1. The fourth-order valence-corrected chi connectivity index (χ4v) is 2.99. The summed E-state index contributed by atoms with van der Waals surface area (Å²) in [5.41, 5.74) is 3.34. The molecule has 2 rings (SSSR count). The van der Waals surface area contributed by atoms with Gasteiger partial charge in [0.1, 0.15) is 0 Å². The highest BCUT2D eigenvalue weighted by Gasteiger charge is 2.32. The number of amides is 1. The molecule has 2 heteroatoms. The molecule has 1 fully saturated rings. The minimum absolute atomic E-state index is 0.0910. The van der Waals surface area contributed by atoms with E-state index < -0.39 is 0 Å². The number of aryl methyl sites for hydroxylation is 2. The highest BCUT2D eigenvalue weighted by molar-refractivity contribution is 5.97. The number of rotatable bonds is 2. The van der Waals surface area contributed by atoms with E-state index in [1.165, 1.54) is 6.42 Å². The van der Waals surface area contributed by atoms with Gasteiger partial charge in [0.05, 0.1) is 0 Å². The maximum Gasteiger partial charge on any atom is 0.252 e. The molecule has 1 aromatic rings. The third-order valence-electron chi connectivity index (χ3n) is 4.01. The lowest BCUT2D eigenvalue weighted by atomic mass is 9.92. The Balaban J connectivity index is 2.09. The van der Waals surface area contributed by atoms with Crippen LogP contribution in [-0.4, -0.2) is 11.9 Å². The number of carbonyl (C=O) groups excluding carboxylic acids is 1. The molecule has 1 unspecified atom stereocenters. The van der Waals surface area contributed by atoms with Gasteiger partial charge in [0.2, 0.25) is 0 Å². The molecular formula is C16H23NO. The molecule has 2 nitrogen and oxygen atoms in total. The van der Waals surface area contributed by atoms with Gasteiger partial charge in [-0.05, 0) is 49.7 Å². The molecule has 1 amide bonds. The Morgan fingerprint density at radius 1 is 1.28 bits per heavy atom. The molecule has 0 spiro atoms. The third kappa shape index (κ3) is 2.74. The van der Waals surface area contributed by atoms with Crippen molar-refractivity contribution in [2.24, 2.45) is 5.41 Å². The van der Waals surface area contributed by atoms with E-state index in [4.69, 9.17) is 0 Å². The van der Waals surface area contributed by atoms with E-state index in [-0.39, 0.29) is 5.91 Å². The van der Waals surface area contributed by atoms with Gasteiger partial charge >= 0.3 is 0 Å². The molecule has 1 saturated carbocycles. The quantitative estimate of drug-likeness (QED) is 0.847. The zero-order chi connectivity index (χ0) is 13.3. The molecule has 1 N–H and O–H groups in total. The predicted octanol–water partition coefficient (Wildman–Crippen LogP) is 3.61. The molecule has 0 heterocycles. The Labute approximate surface area is 110 Å². The number of carbonyl (C=O) groups is 1. The van der Waals surface area contributed by atoms with Crippen molar-refractivity contribution in [1.82, 2.24) is 5.32 Å². The first-order chi connectivity index (χ1) is 8.39. The van der Waals surface area contributed by atoms with Crippen LogP contribution in [0.5, 0.6) is 0 Å². The maximum atomic E-state index is 12.3. The molecular weight excluding hydrogens is 222 g/mol. The van der Waals surface area contributed by atoms with Crippen LogP contribution >= 0.6 is 0 Å². The second-order valence-corrected chi connectivity index (χ2v) is 6.34. The zero-order valence-electron chi connectivity index (χ0n) is 11.8. The van der Waals surface area contributed by atoms with Crippen LogP contribution in [0.3, 0.4) is 0 Å². The number of benzene rings is 1. The molecule has 0 radical (unpaired) electrons. The Kier molecular flexibility index (Phi) is 3.47. The SMILES string of the molecule is Cc1cccc(C)c1C(=O)NC1CCC(C)(C)C1. The Morgan fingerprint density at radius 2 is 1.89 bits per heavy atom. The molecule has 1 atom stereocenters. The van der Waals surface area contributed by atoms with Crippen molar-refractivity contribution in [2.75, 3.05) is 0 Å². The summed E-state index contributed by atoms with van der Waals surface area (Å²) in [4.78, 5) is 12.3. The molecule has 0 saturated heterocycles. The number of hydrogen-bond acceptors (Lipinski definition) is 1. The number of nitrogens with one attached hydrogen (secondary N) is 1. The fraction of sp³-hybridized carbons (Fsp3) is 0.562. The summed E-state index contributed by atoms with van der Waals surface area (Å²) in [7, 11) is 0. The molecule has 0 aliphatic heterocycles. The molecule has 1 aromatic carbocycles. The van der Waals surface area contributed by atoms with Gasteiger partial charge in [-0.1, -0.05) is 32.0 Å². The minimum Gasteiger partial charge on any atom is -0.349 e. The van der Waals surface area contributed by atoms with Crippen LogP contribution in [0.1, 0.15) is 54.6 Å². The van der Waals surface area contributed by atoms with Crippen molar-refractivity contribution in [3.63, 3.8) is 0 Å². The molecule has 1 aliphatic carbocycles. The van der Waals surface area contributed by atoms with Crippen molar-refractivity contribution in [1.29, 1.82) is 0 Å². The lowest BCUT2D eigenvalue weighted by Gasteiger charge is -2.18. The summed E-state index contributed by atoms with van der Waals surface area (Å²) in [6, 6.07) is 6.34. The second kappa shape index (κ2) is 4.75. The van der Waals surface area contributed by atoms with Crippen LogP contribution in [-0.2, 0) is 0 Å². The van der Waals surface area contributed by atoms with Crippen molar-refractivity contribution >= 4 is 5.91 Å². The Bertz CT molecular complexity index is 442. The lowest BCUT2D eigenvalue weighted by Crippen LogP contribution is -2.34. The highest BCUT2D eigenvalue weighted by Crippen LogP contribution is 2.37. The molecule has 98 valence electrons. The first-order valence-corrected chi connectivity index (χ1v) is 6.76. The van der Waals surface area contributed by atoms with Gasteiger partial charge in [-0.15, -0.1) is 0 Å². The topological polar surface area (TPSA) is 29.1 Å². The third-order valence-corrected chi connectivity index (χ3v) is 4.01. The average Bonchev–Trinajstić information content (AvgIpc) is 2.57. The van der Waals surface area contributed by atoms with E-state index in [0.717, 1.165) is 29.5 Å². The van der Waals surface area contributed by atoms with Crippen LogP contribution in [0, 0.1) is 19.3 Å². The van der Waals surface area contributed by atoms with Gasteiger partial charge in [-0.2, -0.15) is 0 Å². The van der Waals surface area contributed by atoms with Crippen LogP contribution < -0.4 is 5.32 Å². The summed E-state index contributed by atoms with van der Waals surface area (Å²) >= 11 is 0. The van der Waals surface area contributed by atoms with Crippen molar-refractivity contribution in [3.8, 4) is 0 Å². The van der Waals surface area contributed by atoms with Crippen LogP contribution in [0.2, 0.25) is 0 Å².